The Kier molecular flexibility index (Phi) is 5.52. The number of rotatable bonds is 7. The van der Waals surface area contributed by atoms with Crippen LogP contribution in [0.2, 0.25) is 0 Å². The van der Waals surface area contributed by atoms with E-state index in [1.54, 1.807) is 0 Å². The quantitative estimate of drug-likeness (QED) is 0.598. The Morgan fingerprint density at radius 1 is 1.27 bits per heavy atom. The predicted molar refractivity (Wildman–Crippen MR) is 119 cm³/mol. The van der Waals surface area contributed by atoms with Crippen LogP contribution in [0, 0.1) is 5.92 Å². The van der Waals surface area contributed by atoms with Gasteiger partial charge in [-0.2, -0.15) is 0 Å². The number of nitrogens with one attached hydrogen (secondary N) is 1. The molecule has 0 spiro atoms. The maximum Gasteiger partial charge on any atom is 0.209 e. The zero-order valence-corrected chi connectivity index (χ0v) is 18.4. The van der Waals surface area contributed by atoms with Crippen LogP contribution < -0.4 is 10.5 Å². The second-order valence-corrected chi connectivity index (χ2v) is 10.3. The third-order valence-corrected chi connectivity index (χ3v) is 6.31. The van der Waals surface area contributed by atoms with Crippen LogP contribution >= 0.6 is 0 Å². The van der Waals surface area contributed by atoms with E-state index < -0.39 is 10.0 Å². The highest BCUT2D eigenvalue weighted by Gasteiger charge is 2.32. The summed E-state index contributed by atoms with van der Waals surface area (Å²) in [6, 6.07) is 8.22. The number of fused-ring (bicyclic) bond motifs is 1. The van der Waals surface area contributed by atoms with Crippen molar-refractivity contribution >= 4 is 26.9 Å². The van der Waals surface area contributed by atoms with Crippen LogP contribution in [-0.4, -0.2) is 54.7 Å². The summed E-state index contributed by atoms with van der Waals surface area (Å²) in [5, 5.41) is 0.849. The number of sulfonamides is 1. The largest absolute Gasteiger partial charge is 0.383 e. The highest BCUT2D eigenvalue weighted by molar-refractivity contribution is 7.88. The highest BCUT2D eigenvalue weighted by Crippen LogP contribution is 2.43. The van der Waals surface area contributed by atoms with Crippen LogP contribution in [-0.2, 0) is 16.6 Å². The van der Waals surface area contributed by atoms with E-state index in [0.717, 1.165) is 53.4 Å². The average Bonchev–Trinajstić information content (AvgIpc) is 3.03. The van der Waals surface area contributed by atoms with Crippen LogP contribution in [0.5, 0.6) is 0 Å². The Morgan fingerprint density at radius 2 is 2.03 bits per heavy atom. The minimum Gasteiger partial charge on any atom is -0.383 e. The summed E-state index contributed by atoms with van der Waals surface area (Å²) in [5.41, 5.74) is 9.92. The molecular formula is C21H28N6O2S. The molecule has 1 fully saturated rings. The first-order chi connectivity index (χ1) is 14.2. The van der Waals surface area contributed by atoms with Crippen LogP contribution in [0.3, 0.4) is 0 Å². The van der Waals surface area contributed by atoms with Crippen molar-refractivity contribution in [2.75, 3.05) is 32.6 Å². The summed E-state index contributed by atoms with van der Waals surface area (Å²) in [6.45, 7) is 1.33. The van der Waals surface area contributed by atoms with E-state index in [4.69, 9.17) is 5.73 Å². The van der Waals surface area contributed by atoms with Gasteiger partial charge in [-0.1, -0.05) is 18.2 Å². The normalized spacial score (nSPS) is 19.3. The molecule has 0 aliphatic heterocycles. The summed E-state index contributed by atoms with van der Waals surface area (Å²) in [4.78, 5) is 11.0. The van der Waals surface area contributed by atoms with E-state index in [2.05, 4.69) is 44.4 Å². The Labute approximate surface area is 177 Å². The summed E-state index contributed by atoms with van der Waals surface area (Å²) in [6.07, 6.45) is 7.02. The van der Waals surface area contributed by atoms with Gasteiger partial charge in [0, 0.05) is 30.9 Å². The zero-order chi connectivity index (χ0) is 21.5. The minimum atomic E-state index is -3.26. The first kappa shape index (κ1) is 20.8. The van der Waals surface area contributed by atoms with E-state index in [-0.39, 0.29) is 6.54 Å². The lowest BCUT2D eigenvalue weighted by Gasteiger charge is -2.38. The minimum absolute atomic E-state index is 0.242. The van der Waals surface area contributed by atoms with Gasteiger partial charge in [0.2, 0.25) is 10.0 Å². The Balaban J connectivity index is 1.69. The molecule has 3 N–H and O–H groups in total. The SMILES string of the molecule is CN(C)CC1CC(n2cc(-c3cccc(CNS(C)(=O)=O)c3)c3c(N)ncnc32)C1. The number of hydrogen-bond acceptors (Lipinski definition) is 6. The van der Waals surface area contributed by atoms with Gasteiger partial charge < -0.3 is 15.2 Å². The van der Waals surface area contributed by atoms with Crippen molar-refractivity contribution < 1.29 is 8.42 Å². The molecule has 1 aliphatic carbocycles. The Hall–Kier alpha value is -2.49. The van der Waals surface area contributed by atoms with E-state index in [1.165, 1.54) is 6.33 Å². The number of nitrogens with two attached hydrogens (primary N) is 1. The second-order valence-electron chi connectivity index (χ2n) is 8.45. The number of anilines is 1. The molecule has 0 radical (unpaired) electrons. The van der Waals surface area contributed by atoms with Crippen LogP contribution in [0.15, 0.2) is 36.8 Å². The van der Waals surface area contributed by atoms with Crippen molar-refractivity contribution in [1.82, 2.24) is 24.2 Å². The van der Waals surface area contributed by atoms with Crippen molar-refractivity contribution in [3.8, 4) is 11.1 Å². The molecule has 1 saturated carbocycles. The molecule has 1 aromatic carbocycles. The predicted octanol–water partition coefficient (Wildman–Crippen LogP) is 2.24. The van der Waals surface area contributed by atoms with Crippen LogP contribution in [0.4, 0.5) is 5.82 Å². The maximum atomic E-state index is 11.4. The van der Waals surface area contributed by atoms with Gasteiger partial charge in [-0.3, -0.25) is 0 Å². The molecule has 8 nitrogen and oxygen atoms in total. The van der Waals surface area contributed by atoms with Crippen molar-refractivity contribution in [3.05, 3.63) is 42.4 Å². The fourth-order valence-electron chi connectivity index (χ4n) is 4.26. The van der Waals surface area contributed by atoms with Gasteiger partial charge in [0.1, 0.15) is 17.8 Å². The Bertz CT molecular complexity index is 1170. The molecule has 0 atom stereocenters. The van der Waals surface area contributed by atoms with Crippen LogP contribution in [0.25, 0.3) is 22.2 Å². The molecule has 4 rings (SSSR count). The van der Waals surface area contributed by atoms with Gasteiger partial charge >= 0.3 is 0 Å². The van der Waals surface area contributed by atoms with Gasteiger partial charge in [-0.05, 0) is 50.0 Å². The van der Waals surface area contributed by atoms with Crippen molar-refractivity contribution in [3.63, 3.8) is 0 Å². The molecular weight excluding hydrogens is 400 g/mol. The summed E-state index contributed by atoms with van der Waals surface area (Å²) >= 11 is 0. The van der Waals surface area contributed by atoms with Crippen LogP contribution in [0.1, 0.15) is 24.4 Å². The van der Waals surface area contributed by atoms with Gasteiger partial charge in [-0.15, -0.1) is 0 Å². The van der Waals surface area contributed by atoms with E-state index in [0.29, 0.717) is 17.8 Å². The average molecular weight is 429 g/mol. The molecule has 1 aliphatic rings. The van der Waals surface area contributed by atoms with Crippen molar-refractivity contribution in [1.29, 1.82) is 0 Å². The fraction of sp³-hybridized carbons (Fsp3) is 0.429. The lowest BCUT2D eigenvalue weighted by molar-refractivity contribution is 0.159. The fourth-order valence-corrected chi connectivity index (χ4v) is 4.69. The lowest BCUT2D eigenvalue weighted by Crippen LogP contribution is -2.33. The van der Waals surface area contributed by atoms with Gasteiger partial charge in [0.15, 0.2) is 0 Å². The summed E-state index contributed by atoms with van der Waals surface area (Å²) in [5.74, 6) is 1.15. The first-order valence-electron chi connectivity index (χ1n) is 10.0. The monoisotopic (exact) mass is 428 g/mol. The standard InChI is InChI=1S/C21H28N6O2S/c1-26(2)11-15-8-17(9-15)27-12-18(19-20(22)23-13-24-21(19)27)16-6-4-5-14(7-16)10-25-30(3,28)29/h4-7,12-13,15,17,25H,8-11H2,1-3H3,(H2,22,23,24). The van der Waals surface area contributed by atoms with Crippen molar-refractivity contribution in [2.24, 2.45) is 5.92 Å². The number of nitrogens with zero attached hydrogens (tertiary/aromatic N) is 4. The number of benzene rings is 1. The topological polar surface area (TPSA) is 106 Å². The second kappa shape index (κ2) is 7.98. The van der Waals surface area contributed by atoms with Crippen molar-refractivity contribution in [2.45, 2.75) is 25.4 Å². The number of hydrogen-bond donors (Lipinski definition) is 2. The molecule has 3 aromatic rings. The van der Waals surface area contributed by atoms with E-state index in [9.17, 15) is 8.42 Å². The third kappa shape index (κ3) is 4.33. The van der Waals surface area contributed by atoms with Gasteiger partial charge in [0.25, 0.3) is 0 Å². The summed E-state index contributed by atoms with van der Waals surface area (Å²) in [7, 11) is 0.959. The third-order valence-electron chi connectivity index (χ3n) is 5.64. The molecule has 9 heteroatoms. The maximum absolute atomic E-state index is 11.4. The molecule has 0 unspecified atom stereocenters. The molecule has 2 aromatic heterocycles. The molecule has 0 saturated heterocycles. The first-order valence-corrected chi connectivity index (χ1v) is 11.9. The molecule has 30 heavy (non-hydrogen) atoms. The lowest BCUT2D eigenvalue weighted by atomic mass is 9.80. The smallest absolute Gasteiger partial charge is 0.209 e. The molecule has 2 heterocycles. The molecule has 0 bridgehead atoms. The number of aromatic nitrogens is 3. The summed E-state index contributed by atoms with van der Waals surface area (Å²) < 4.78 is 27.7. The zero-order valence-electron chi connectivity index (χ0n) is 17.5. The highest BCUT2D eigenvalue weighted by atomic mass is 32.2. The van der Waals surface area contributed by atoms with Gasteiger partial charge in [0.05, 0.1) is 11.6 Å². The Morgan fingerprint density at radius 3 is 2.73 bits per heavy atom. The van der Waals surface area contributed by atoms with E-state index in [1.807, 2.05) is 24.3 Å². The number of nitrogen functional groups attached to an aromatic ring is 1. The van der Waals surface area contributed by atoms with Gasteiger partial charge in [-0.25, -0.2) is 23.1 Å². The molecule has 160 valence electrons. The van der Waals surface area contributed by atoms with E-state index >= 15 is 0 Å². The molecule has 0 amide bonds.